The van der Waals surface area contributed by atoms with Crippen molar-refractivity contribution in [2.45, 2.75) is 20.3 Å². The van der Waals surface area contributed by atoms with Gasteiger partial charge in [-0.1, -0.05) is 6.92 Å². The summed E-state index contributed by atoms with van der Waals surface area (Å²) in [4.78, 5) is 20.5. The van der Waals surface area contributed by atoms with Crippen molar-refractivity contribution in [1.82, 2.24) is 0 Å². The van der Waals surface area contributed by atoms with Crippen LogP contribution in [-0.4, -0.2) is 22.2 Å². The number of rotatable bonds is 4. The Kier molecular flexibility index (Phi) is 3.57. The minimum absolute atomic E-state index is 0.102. The fourth-order valence-electron chi connectivity index (χ4n) is 0.634. The van der Waals surface area contributed by atoms with E-state index in [9.17, 15) is 9.59 Å². The molecule has 1 radical (unpaired) electrons. The summed E-state index contributed by atoms with van der Waals surface area (Å²) < 4.78 is 0. The van der Waals surface area contributed by atoms with Crippen molar-refractivity contribution in [3.05, 3.63) is 5.92 Å². The summed E-state index contributed by atoms with van der Waals surface area (Å²) in [5.74, 6) is -2.44. The number of carbonyl (C=O) groups is 2. The van der Waals surface area contributed by atoms with E-state index in [4.69, 9.17) is 10.2 Å². The second-order valence-electron chi connectivity index (χ2n) is 2.53. The Morgan fingerprint density at radius 1 is 1.36 bits per heavy atom. The smallest absolute Gasteiger partial charge is 0.310 e. The van der Waals surface area contributed by atoms with Crippen LogP contribution in [0.3, 0.4) is 0 Å². The largest absolute Gasteiger partial charge is 0.481 e. The van der Waals surface area contributed by atoms with Gasteiger partial charge in [0.25, 0.3) is 0 Å². The van der Waals surface area contributed by atoms with Crippen LogP contribution in [0.25, 0.3) is 0 Å². The van der Waals surface area contributed by atoms with Crippen LogP contribution in [-0.2, 0) is 9.59 Å². The SMILES string of the molecule is C[C](CC(C)C(=O)O)C(=O)O. The third kappa shape index (κ3) is 3.60. The first-order valence-corrected chi connectivity index (χ1v) is 3.23. The number of carboxylic acids is 2. The quantitative estimate of drug-likeness (QED) is 0.635. The van der Waals surface area contributed by atoms with E-state index in [1.165, 1.54) is 13.8 Å². The van der Waals surface area contributed by atoms with Gasteiger partial charge in [0.2, 0.25) is 0 Å². The second kappa shape index (κ2) is 3.95. The first kappa shape index (κ1) is 9.94. The maximum absolute atomic E-state index is 10.3. The molecule has 0 aliphatic carbocycles. The molecule has 0 saturated carbocycles. The lowest BCUT2D eigenvalue weighted by molar-refractivity contribution is -0.141. The van der Waals surface area contributed by atoms with Gasteiger partial charge >= 0.3 is 11.9 Å². The van der Waals surface area contributed by atoms with Crippen molar-refractivity contribution in [2.75, 3.05) is 0 Å². The van der Waals surface area contributed by atoms with Gasteiger partial charge in [0.05, 0.1) is 11.8 Å². The van der Waals surface area contributed by atoms with Gasteiger partial charge in [-0.3, -0.25) is 9.59 Å². The van der Waals surface area contributed by atoms with Crippen molar-refractivity contribution in [2.24, 2.45) is 5.92 Å². The monoisotopic (exact) mass is 159 g/mol. The zero-order valence-corrected chi connectivity index (χ0v) is 6.50. The van der Waals surface area contributed by atoms with Crippen LogP contribution in [0.4, 0.5) is 0 Å². The Morgan fingerprint density at radius 3 is 2.09 bits per heavy atom. The molecule has 0 aliphatic rings. The predicted molar refractivity (Wildman–Crippen MR) is 38.0 cm³/mol. The molecule has 0 rings (SSSR count). The summed E-state index contributed by atoms with van der Waals surface area (Å²) in [5, 5.41) is 16.8. The Bertz CT molecular complexity index is 146. The lowest BCUT2D eigenvalue weighted by Gasteiger charge is -2.07. The topological polar surface area (TPSA) is 74.6 Å². The standard InChI is InChI=1S/C7H11O4/c1-4(6(8)9)3-5(2)7(10)11/h4H,3H2,1-2H3,(H,8,9)(H,10,11). The maximum atomic E-state index is 10.3. The van der Waals surface area contributed by atoms with Crippen molar-refractivity contribution < 1.29 is 19.8 Å². The minimum atomic E-state index is -1.03. The van der Waals surface area contributed by atoms with Crippen LogP contribution in [0.5, 0.6) is 0 Å². The molecule has 0 heterocycles. The predicted octanol–water partition coefficient (Wildman–Crippen LogP) is 0.776. The van der Waals surface area contributed by atoms with Gasteiger partial charge in [-0.05, 0) is 13.3 Å². The van der Waals surface area contributed by atoms with Crippen LogP contribution in [0.2, 0.25) is 0 Å². The summed E-state index contributed by atoms with van der Waals surface area (Å²) in [6.45, 7) is 2.90. The summed E-state index contributed by atoms with van der Waals surface area (Å²) in [6, 6.07) is 0. The average molecular weight is 159 g/mol. The number of hydrogen-bond donors (Lipinski definition) is 2. The second-order valence-corrected chi connectivity index (χ2v) is 2.53. The average Bonchev–Trinajstić information content (AvgIpc) is 1.87. The third-order valence-electron chi connectivity index (χ3n) is 1.40. The fourth-order valence-corrected chi connectivity index (χ4v) is 0.634. The molecule has 0 aromatic carbocycles. The highest BCUT2D eigenvalue weighted by atomic mass is 16.4. The Labute approximate surface area is 64.8 Å². The van der Waals surface area contributed by atoms with Gasteiger partial charge < -0.3 is 10.2 Å². The molecule has 0 spiro atoms. The molecule has 0 aliphatic heterocycles. The van der Waals surface area contributed by atoms with E-state index in [1.807, 2.05) is 0 Å². The van der Waals surface area contributed by atoms with E-state index in [0.29, 0.717) is 0 Å². The molecule has 4 heteroatoms. The van der Waals surface area contributed by atoms with Crippen molar-refractivity contribution in [1.29, 1.82) is 0 Å². The molecular weight excluding hydrogens is 148 g/mol. The highest BCUT2D eigenvalue weighted by Gasteiger charge is 2.19. The molecule has 0 aromatic heterocycles. The molecule has 1 atom stereocenters. The zero-order valence-electron chi connectivity index (χ0n) is 6.50. The maximum Gasteiger partial charge on any atom is 0.310 e. The van der Waals surface area contributed by atoms with Crippen LogP contribution in [0.1, 0.15) is 20.3 Å². The summed E-state index contributed by atoms with van der Waals surface area (Å²) in [6.07, 6.45) is 0.102. The van der Waals surface area contributed by atoms with Gasteiger partial charge in [0.1, 0.15) is 0 Å². The third-order valence-corrected chi connectivity index (χ3v) is 1.40. The van der Waals surface area contributed by atoms with Crippen molar-refractivity contribution in [3.63, 3.8) is 0 Å². The fraction of sp³-hybridized carbons (Fsp3) is 0.571. The number of hydrogen-bond acceptors (Lipinski definition) is 2. The van der Waals surface area contributed by atoms with E-state index in [1.54, 1.807) is 0 Å². The Balaban J connectivity index is 3.84. The van der Waals surface area contributed by atoms with E-state index >= 15 is 0 Å². The van der Waals surface area contributed by atoms with E-state index in [0.717, 1.165) is 0 Å². The molecule has 63 valence electrons. The van der Waals surface area contributed by atoms with Crippen LogP contribution >= 0.6 is 0 Å². The first-order chi connectivity index (χ1) is 4.95. The molecule has 0 fully saturated rings. The minimum Gasteiger partial charge on any atom is -0.481 e. The van der Waals surface area contributed by atoms with Crippen molar-refractivity contribution >= 4 is 11.9 Å². The summed E-state index contributed by atoms with van der Waals surface area (Å²) >= 11 is 0. The molecule has 11 heavy (non-hydrogen) atoms. The highest BCUT2D eigenvalue weighted by molar-refractivity contribution is 5.83. The van der Waals surface area contributed by atoms with Crippen molar-refractivity contribution in [3.8, 4) is 0 Å². The van der Waals surface area contributed by atoms with Gasteiger partial charge in [-0.15, -0.1) is 0 Å². The van der Waals surface area contributed by atoms with Gasteiger partial charge in [0, 0.05) is 0 Å². The van der Waals surface area contributed by atoms with E-state index < -0.39 is 17.9 Å². The first-order valence-electron chi connectivity index (χ1n) is 3.23. The molecule has 2 N–H and O–H groups in total. The van der Waals surface area contributed by atoms with Crippen LogP contribution < -0.4 is 0 Å². The van der Waals surface area contributed by atoms with Gasteiger partial charge in [0.15, 0.2) is 0 Å². The lowest BCUT2D eigenvalue weighted by atomic mass is 9.98. The molecule has 0 saturated heterocycles. The number of carboxylic acid groups (broad SMARTS) is 2. The van der Waals surface area contributed by atoms with Crippen LogP contribution in [0.15, 0.2) is 0 Å². The molecule has 1 unspecified atom stereocenters. The molecule has 0 aromatic rings. The van der Waals surface area contributed by atoms with Gasteiger partial charge in [-0.25, -0.2) is 0 Å². The summed E-state index contributed by atoms with van der Waals surface area (Å²) in [5.41, 5.74) is 0. The highest BCUT2D eigenvalue weighted by Crippen LogP contribution is 2.13. The molecule has 0 bridgehead atoms. The molecular formula is C7H11O4. The zero-order chi connectivity index (χ0) is 9.02. The summed E-state index contributed by atoms with van der Waals surface area (Å²) in [7, 11) is 0. The van der Waals surface area contributed by atoms with Gasteiger partial charge in [-0.2, -0.15) is 0 Å². The van der Waals surface area contributed by atoms with Crippen LogP contribution in [0, 0.1) is 11.8 Å². The lowest BCUT2D eigenvalue weighted by Crippen LogP contribution is -2.16. The molecule has 0 amide bonds. The number of aliphatic carboxylic acids is 2. The molecule has 4 nitrogen and oxygen atoms in total. The van der Waals surface area contributed by atoms with E-state index in [-0.39, 0.29) is 12.3 Å². The Morgan fingerprint density at radius 2 is 1.82 bits per heavy atom. The Hall–Kier alpha value is -1.06. The normalized spacial score (nSPS) is 13.0. The van der Waals surface area contributed by atoms with E-state index in [2.05, 4.69) is 0 Å².